The fourth-order valence-corrected chi connectivity index (χ4v) is 3.89. The van der Waals surface area contributed by atoms with E-state index in [1.165, 1.54) is 0 Å². The van der Waals surface area contributed by atoms with Crippen molar-refractivity contribution in [3.63, 3.8) is 0 Å². The summed E-state index contributed by atoms with van der Waals surface area (Å²) in [7, 11) is 0. The number of urea groups is 1. The van der Waals surface area contributed by atoms with Crippen LogP contribution in [0.3, 0.4) is 0 Å². The number of aliphatic imine (C=N–C) groups is 1. The molecule has 1 aromatic heterocycles. The summed E-state index contributed by atoms with van der Waals surface area (Å²) in [6.45, 7) is 3.40. The Kier molecular flexibility index (Phi) is 3.87. The zero-order valence-electron chi connectivity index (χ0n) is 14.0. The lowest BCUT2D eigenvalue weighted by atomic mass is 9.92. The summed E-state index contributed by atoms with van der Waals surface area (Å²) >= 11 is 0. The third-order valence-electron chi connectivity index (χ3n) is 5.18. The Morgan fingerprint density at radius 1 is 1.48 bits per heavy atom. The highest BCUT2D eigenvalue weighted by Gasteiger charge is 2.41. The number of carbonyl (C=O) groups excluding carboxylic acids is 1. The van der Waals surface area contributed by atoms with Crippen molar-refractivity contribution in [1.29, 1.82) is 5.26 Å². The van der Waals surface area contributed by atoms with Crippen LogP contribution in [-0.2, 0) is 0 Å². The summed E-state index contributed by atoms with van der Waals surface area (Å²) in [6.07, 6.45) is 6.68. The van der Waals surface area contributed by atoms with Crippen molar-refractivity contribution in [2.75, 3.05) is 19.6 Å². The Morgan fingerprint density at radius 2 is 2.36 bits per heavy atom. The Hall–Kier alpha value is -2.89. The van der Waals surface area contributed by atoms with Gasteiger partial charge in [0.1, 0.15) is 18.5 Å². The molecular weight excluding hydrogens is 320 g/mol. The molecule has 2 amide bonds. The molecule has 1 aromatic rings. The minimum absolute atomic E-state index is 0.0150. The molecule has 9 nitrogen and oxygen atoms in total. The van der Waals surface area contributed by atoms with Crippen LogP contribution in [0.4, 0.5) is 4.79 Å². The summed E-state index contributed by atoms with van der Waals surface area (Å²) < 4.78 is 2.14. The van der Waals surface area contributed by atoms with Crippen molar-refractivity contribution < 1.29 is 4.79 Å². The fourth-order valence-electron chi connectivity index (χ4n) is 3.89. The van der Waals surface area contributed by atoms with Gasteiger partial charge in [-0.1, -0.05) is 13.3 Å². The standard InChI is InChI=1S/C16H20N8O/c1-2-10-8-23(16(25)19-6-4-17)9-11(10)15-22-21-13-7-20-14-12(24(13)15)3-5-18-14/h3,5,7,10-12,14,18H,2,6,8-9H2,1H3,(H,19,25)/t10-,11+,12?,14?/m1/s1. The molecule has 0 aromatic carbocycles. The van der Waals surface area contributed by atoms with Crippen LogP contribution in [0.15, 0.2) is 17.3 Å². The van der Waals surface area contributed by atoms with E-state index < -0.39 is 0 Å². The number of fused-ring (bicyclic) bond motifs is 3. The third-order valence-corrected chi connectivity index (χ3v) is 5.18. The van der Waals surface area contributed by atoms with Gasteiger partial charge >= 0.3 is 6.03 Å². The maximum atomic E-state index is 12.2. The molecule has 1 saturated heterocycles. The summed E-state index contributed by atoms with van der Waals surface area (Å²) in [5, 5.41) is 23.2. The van der Waals surface area contributed by atoms with Gasteiger partial charge in [0.05, 0.1) is 18.3 Å². The Balaban J connectivity index is 1.61. The van der Waals surface area contributed by atoms with Crippen molar-refractivity contribution in [2.45, 2.75) is 31.5 Å². The van der Waals surface area contributed by atoms with Gasteiger partial charge in [-0.05, 0) is 18.2 Å². The number of hydrogen-bond acceptors (Lipinski definition) is 6. The summed E-state index contributed by atoms with van der Waals surface area (Å²) in [5.74, 6) is 2.11. The first-order valence-electron chi connectivity index (χ1n) is 8.53. The van der Waals surface area contributed by atoms with Gasteiger partial charge in [0.15, 0.2) is 5.82 Å². The van der Waals surface area contributed by atoms with Crippen LogP contribution in [0.25, 0.3) is 0 Å². The highest BCUT2D eigenvalue weighted by atomic mass is 16.2. The van der Waals surface area contributed by atoms with Gasteiger partial charge < -0.3 is 15.5 Å². The third kappa shape index (κ3) is 2.54. The second-order valence-electron chi connectivity index (χ2n) is 6.52. The molecule has 0 saturated carbocycles. The van der Waals surface area contributed by atoms with E-state index in [1.807, 2.05) is 12.3 Å². The fraction of sp³-hybridized carbons (Fsp3) is 0.562. The minimum atomic E-state index is -0.192. The molecule has 1 fully saturated rings. The van der Waals surface area contributed by atoms with E-state index in [0.29, 0.717) is 19.0 Å². The van der Waals surface area contributed by atoms with Crippen LogP contribution in [0.1, 0.15) is 37.0 Å². The molecule has 3 aliphatic rings. The average Bonchev–Trinajstić information content (AvgIpc) is 3.34. The number of carbonyl (C=O) groups is 1. The topological polar surface area (TPSA) is 111 Å². The van der Waals surface area contributed by atoms with Gasteiger partial charge in [-0.3, -0.25) is 9.56 Å². The lowest BCUT2D eigenvalue weighted by Crippen LogP contribution is -2.39. The molecule has 9 heteroatoms. The van der Waals surface area contributed by atoms with Crippen LogP contribution in [-0.4, -0.2) is 57.7 Å². The first-order valence-corrected chi connectivity index (χ1v) is 8.53. The van der Waals surface area contributed by atoms with Crippen LogP contribution >= 0.6 is 0 Å². The number of rotatable bonds is 3. The average molecular weight is 340 g/mol. The molecule has 0 aliphatic carbocycles. The highest BCUT2D eigenvalue weighted by molar-refractivity contribution is 5.76. The van der Waals surface area contributed by atoms with E-state index in [0.717, 1.165) is 18.1 Å². The normalized spacial score (nSPS) is 29.0. The van der Waals surface area contributed by atoms with Crippen LogP contribution < -0.4 is 10.6 Å². The van der Waals surface area contributed by atoms with Crippen molar-refractivity contribution in [3.8, 4) is 6.07 Å². The zero-order chi connectivity index (χ0) is 17.4. The summed E-state index contributed by atoms with van der Waals surface area (Å²) in [6, 6.07) is 1.82. The number of amides is 2. The van der Waals surface area contributed by atoms with E-state index in [4.69, 9.17) is 5.26 Å². The lowest BCUT2D eigenvalue weighted by Gasteiger charge is -2.26. The van der Waals surface area contributed by atoms with Gasteiger partial charge in [-0.25, -0.2) is 4.79 Å². The molecule has 3 aliphatic heterocycles. The molecule has 130 valence electrons. The van der Waals surface area contributed by atoms with E-state index in [9.17, 15) is 4.79 Å². The van der Waals surface area contributed by atoms with E-state index in [-0.39, 0.29) is 30.7 Å². The van der Waals surface area contributed by atoms with E-state index in [2.05, 4.69) is 43.4 Å². The van der Waals surface area contributed by atoms with Gasteiger partial charge in [-0.15, -0.1) is 10.2 Å². The van der Waals surface area contributed by atoms with E-state index in [1.54, 1.807) is 11.1 Å². The zero-order valence-corrected chi connectivity index (χ0v) is 14.0. The Bertz CT molecular complexity index is 776. The molecule has 2 N–H and O–H groups in total. The first-order chi connectivity index (χ1) is 12.2. The van der Waals surface area contributed by atoms with Gasteiger partial charge in [0.25, 0.3) is 0 Å². The Morgan fingerprint density at radius 3 is 3.16 bits per heavy atom. The summed E-state index contributed by atoms with van der Waals surface area (Å²) in [5.41, 5.74) is 0. The van der Waals surface area contributed by atoms with Crippen molar-refractivity contribution in [3.05, 3.63) is 23.9 Å². The number of nitriles is 1. The molecule has 4 heterocycles. The first kappa shape index (κ1) is 15.6. The molecule has 4 rings (SSSR count). The number of aromatic nitrogens is 3. The maximum Gasteiger partial charge on any atom is 0.318 e. The van der Waals surface area contributed by atoms with Crippen LogP contribution in [0.2, 0.25) is 0 Å². The second kappa shape index (κ2) is 6.20. The number of nitrogens with one attached hydrogen (secondary N) is 2. The number of likely N-dealkylation sites (tertiary alicyclic amines) is 1. The monoisotopic (exact) mass is 340 g/mol. The van der Waals surface area contributed by atoms with Gasteiger partial charge in [0.2, 0.25) is 0 Å². The SMILES string of the molecule is CC[C@@H]1CN(C(=O)NCC#N)C[C@@H]1c1nnc2n1C1C=CNC1N=C2. The predicted molar refractivity (Wildman–Crippen MR) is 89.8 cm³/mol. The molecule has 4 atom stereocenters. The number of nitrogens with zero attached hydrogens (tertiary/aromatic N) is 6. The molecule has 2 unspecified atom stereocenters. The lowest BCUT2D eigenvalue weighted by molar-refractivity contribution is 0.208. The smallest absolute Gasteiger partial charge is 0.318 e. The number of hydrogen-bond donors (Lipinski definition) is 2. The molecule has 0 bridgehead atoms. The van der Waals surface area contributed by atoms with Crippen molar-refractivity contribution in [2.24, 2.45) is 10.9 Å². The predicted octanol–water partition coefficient (Wildman–Crippen LogP) is 0.353. The Labute approximate surface area is 145 Å². The van der Waals surface area contributed by atoms with Crippen molar-refractivity contribution >= 4 is 12.2 Å². The summed E-state index contributed by atoms with van der Waals surface area (Å²) in [4.78, 5) is 18.5. The molecule has 25 heavy (non-hydrogen) atoms. The van der Waals surface area contributed by atoms with Crippen molar-refractivity contribution in [1.82, 2.24) is 30.3 Å². The highest BCUT2D eigenvalue weighted by Crippen LogP contribution is 2.37. The molecule has 0 radical (unpaired) electrons. The quantitative estimate of drug-likeness (QED) is 0.772. The van der Waals surface area contributed by atoms with Crippen LogP contribution in [0, 0.1) is 17.2 Å². The maximum absolute atomic E-state index is 12.2. The van der Waals surface area contributed by atoms with Crippen LogP contribution in [0.5, 0.6) is 0 Å². The molecule has 0 spiro atoms. The van der Waals surface area contributed by atoms with Gasteiger partial charge in [0, 0.05) is 19.0 Å². The second-order valence-corrected chi connectivity index (χ2v) is 6.52. The van der Waals surface area contributed by atoms with Gasteiger partial charge in [-0.2, -0.15) is 5.26 Å². The largest absolute Gasteiger partial charge is 0.368 e. The van der Waals surface area contributed by atoms with E-state index >= 15 is 0 Å². The molecular formula is C16H20N8O. The minimum Gasteiger partial charge on any atom is -0.368 e.